The Morgan fingerprint density at radius 3 is 2.63 bits per heavy atom. The number of esters is 1. The van der Waals surface area contributed by atoms with Crippen LogP contribution < -0.4 is 5.32 Å². The van der Waals surface area contributed by atoms with Gasteiger partial charge in [0.2, 0.25) is 0 Å². The van der Waals surface area contributed by atoms with Crippen molar-refractivity contribution in [2.45, 2.75) is 39.5 Å². The highest BCUT2D eigenvalue weighted by molar-refractivity contribution is 5.81. The maximum Gasteiger partial charge on any atom is 0.407 e. The van der Waals surface area contributed by atoms with Crippen LogP contribution in [0.4, 0.5) is 4.79 Å². The molecule has 0 fully saturated rings. The summed E-state index contributed by atoms with van der Waals surface area (Å²) in [6, 6.07) is 0. The predicted octanol–water partition coefficient (Wildman–Crippen LogP) is 2.66. The first kappa shape index (κ1) is 17.5. The molecular weight excluding hydrogens is 246 g/mol. The molecule has 0 aliphatic carbocycles. The zero-order valence-electron chi connectivity index (χ0n) is 11.9. The molecule has 0 rings (SSSR count). The summed E-state index contributed by atoms with van der Waals surface area (Å²) in [4.78, 5) is 22.1. The lowest BCUT2D eigenvalue weighted by Crippen LogP contribution is -2.29. The van der Waals surface area contributed by atoms with Gasteiger partial charge < -0.3 is 14.8 Å². The molecule has 0 bridgehead atoms. The fourth-order valence-electron chi connectivity index (χ4n) is 1.51. The molecule has 0 saturated heterocycles. The first-order valence-corrected chi connectivity index (χ1v) is 6.83. The van der Waals surface area contributed by atoms with Crippen molar-refractivity contribution in [3.63, 3.8) is 0 Å². The van der Waals surface area contributed by atoms with E-state index < -0.39 is 12.1 Å². The van der Waals surface area contributed by atoms with Crippen LogP contribution in [0.15, 0.2) is 12.7 Å². The van der Waals surface area contributed by atoms with Crippen LogP contribution in [0.3, 0.4) is 0 Å². The van der Waals surface area contributed by atoms with Crippen molar-refractivity contribution in [2.24, 2.45) is 5.92 Å². The van der Waals surface area contributed by atoms with Crippen molar-refractivity contribution in [1.82, 2.24) is 5.32 Å². The standard InChI is InChI=1S/C14H25NO4/c1-4-7-8-12(5-2)11-19-14(17)15-9-10-18-13(16)6-3/h6,12H,3-5,7-11H2,1-2H3,(H,15,17). The minimum absolute atomic E-state index is 0.118. The minimum atomic E-state index is -0.499. The first-order chi connectivity index (χ1) is 9.13. The minimum Gasteiger partial charge on any atom is -0.461 e. The zero-order chi connectivity index (χ0) is 14.5. The predicted molar refractivity (Wildman–Crippen MR) is 73.8 cm³/mol. The fraction of sp³-hybridized carbons (Fsp3) is 0.714. The van der Waals surface area contributed by atoms with Gasteiger partial charge in [0.1, 0.15) is 6.61 Å². The number of nitrogens with one attached hydrogen (secondary N) is 1. The summed E-state index contributed by atoms with van der Waals surface area (Å²) in [5.41, 5.74) is 0. The van der Waals surface area contributed by atoms with Crippen LogP contribution in [0.2, 0.25) is 0 Å². The molecular formula is C14H25NO4. The average molecular weight is 271 g/mol. The lowest BCUT2D eigenvalue weighted by Gasteiger charge is -2.14. The van der Waals surface area contributed by atoms with E-state index in [1.807, 2.05) is 0 Å². The van der Waals surface area contributed by atoms with E-state index in [-0.39, 0.29) is 13.2 Å². The van der Waals surface area contributed by atoms with E-state index in [4.69, 9.17) is 9.47 Å². The molecule has 0 spiro atoms. The summed E-state index contributed by atoms with van der Waals surface area (Å²) in [5, 5.41) is 2.52. The molecule has 0 aromatic carbocycles. The Labute approximate surface area is 115 Å². The van der Waals surface area contributed by atoms with E-state index >= 15 is 0 Å². The Bertz CT molecular complexity index is 279. The van der Waals surface area contributed by atoms with Gasteiger partial charge in [-0.25, -0.2) is 9.59 Å². The molecule has 110 valence electrons. The van der Waals surface area contributed by atoms with Crippen molar-refractivity contribution in [2.75, 3.05) is 19.8 Å². The van der Waals surface area contributed by atoms with E-state index in [1.54, 1.807) is 0 Å². The topological polar surface area (TPSA) is 64.6 Å². The number of carbonyl (C=O) groups excluding carboxylic acids is 2. The van der Waals surface area contributed by atoms with Gasteiger partial charge in [0.05, 0.1) is 13.2 Å². The molecule has 1 amide bonds. The number of rotatable bonds is 10. The second-order valence-corrected chi connectivity index (χ2v) is 4.31. The Morgan fingerprint density at radius 1 is 1.32 bits per heavy atom. The molecule has 0 radical (unpaired) electrons. The summed E-state index contributed by atoms with van der Waals surface area (Å²) in [6.45, 7) is 8.31. The smallest absolute Gasteiger partial charge is 0.407 e. The van der Waals surface area contributed by atoms with Crippen LogP contribution in [-0.4, -0.2) is 31.8 Å². The van der Waals surface area contributed by atoms with Crippen LogP contribution in [0.5, 0.6) is 0 Å². The van der Waals surface area contributed by atoms with Crippen LogP contribution in [0, 0.1) is 5.92 Å². The molecule has 0 aliphatic rings. The highest BCUT2D eigenvalue weighted by Crippen LogP contribution is 2.12. The maximum absolute atomic E-state index is 11.4. The van der Waals surface area contributed by atoms with E-state index in [2.05, 4.69) is 25.7 Å². The molecule has 0 aromatic rings. The summed E-state index contributed by atoms with van der Waals surface area (Å²) in [7, 11) is 0. The van der Waals surface area contributed by atoms with Crippen LogP contribution >= 0.6 is 0 Å². The third-order valence-electron chi connectivity index (χ3n) is 2.78. The Kier molecular flexibility index (Phi) is 10.6. The molecule has 1 N–H and O–H groups in total. The number of unbranched alkanes of at least 4 members (excludes halogenated alkanes) is 1. The van der Waals surface area contributed by atoms with Gasteiger partial charge in [-0.2, -0.15) is 0 Å². The fourth-order valence-corrected chi connectivity index (χ4v) is 1.51. The van der Waals surface area contributed by atoms with Crippen LogP contribution in [-0.2, 0) is 14.3 Å². The normalized spacial score (nSPS) is 11.5. The van der Waals surface area contributed by atoms with Crippen LogP contribution in [0.25, 0.3) is 0 Å². The molecule has 0 aromatic heterocycles. The van der Waals surface area contributed by atoms with E-state index in [9.17, 15) is 9.59 Å². The summed E-state index contributed by atoms with van der Waals surface area (Å²) < 4.78 is 9.83. The van der Waals surface area contributed by atoms with Crippen molar-refractivity contribution < 1.29 is 19.1 Å². The third kappa shape index (κ3) is 10.1. The molecule has 1 atom stereocenters. The molecule has 1 unspecified atom stereocenters. The second-order valence-electron chi connectivity index (χ2n) is 4.31. The summed E-state index contributed by atoms with van der Waals surface area (Å²) >= 11 is 0. The highest BCUT2D eigenvalue weighted by Gasteiger charge is 2.09. The first-order valence-electron chi connectivity index (χ1n) is 6.83. The number of carbonyl (C=O) groups is 2. The lowest BCUT2D eigenvalue weighted by atomic mass is 10.0. The SMILES string of the molecule is C=CC(=O)OCCNC(=O)OCC(CC)CCCC. The Morgan fingerprint density at radius 2 is 2.05 bits per heavy atom. The van der Waals surface area contributed by atoms with Crippen molar-refractivity contribution in [1.29, 1.82) is 0 Å². The third-order valence-corrected chi connectivity index (χ3v) is 2.78. The largest absolute Gasteiger partial charge is 0.461 e. The van der Waals surface area contributed by atoms with Gasteiger partial charge in [0, 0.05) is 6.08 Å². The van der Waals surface area contributed by atoms with Crippen molar-refractivity contribution in [3.05, 3.63) is 12.7 Å². The molecule has 5 heteroatoms. The van der Waals surface area contributed by atoms with E-state index in [0.29, 0.717) is 12.5 Å². The van der Waals surface area contributed by atoms with Crippen molar-refractivity contribution >= 4 is 12.1 Å². The summed E-state index contributed by atoms with van der Waals surface area (Å²) in [5.74, 6) is -0.0786. The number of ether oxygens (including phenoxy) is 2. The molecule has 0 aliphatic heterocycles. The monoisotopic (exact) mass is 271 g/mol. The second kappa shape index (κ2) is 11.6. The number of amides is 1. The molecule has 5 nitrogen and oxygen atoms in total. The molecule has 19 heavy (non-hydrogen) atoms. The number of hydrogen-bond donors (Lipinski definition) is 1. The van der Waals surface area contributed by atoms with Gasteiger partial charge in [-0.05, 0) is 12.3 Å². The molecule has 0 saturated carbocycles. The quantitative estimate of drug-likeness (QED) is 0.377. The van der Waals surface area contributed by atoms with Gasteiger partial charge in [0.15, 0.2) is 0 Å². The van der Waals surface area contributed by atoms with E-state index in [0.717, 1.165) is 31.8 Å². The maximum atomic E-state index is 11.4. The van der Waals surface area contributed by atoms with E-state index in [1.165, 1.54) is 0 Å². The van der Waals surface area contributed by atoms with Gasteiger partial charge in [-0.1, -0.05) is 39.7 Å². The Hall–Kier alpha value is -1.52. The van der Waals surface area contributed by atoms with Gasteiger partial charge in [-0.3, -0.25) is 0 Å². The average Bonchev–Trinajstić information content (AvgIpc) is 2.43. The van der Waals surface area contributed by atoms with Crippen molar-refractivity contribution in [3.8, 4) is 0 Å². The zero-order valence-corrected chi connectivity index (χ0v) is 11.9. The van der Waals surface area contributed by atoms with Gasteiger partial charge >= 0.3 is 12.1 Å². The van der Waals surface area contributed by atoms with Crippen LogP contribution in [0.1, 0.15) is 39.5 Å². The van der Waals surface area contributed by atoms with Gasteiger partial charge in [0.25, 0.3) is 0 Å². The summed E-state index contributed by atoms with van der Waals surface area (Å²) in [6.07, 6.45) is 5.00. The van der Waals surface area contributed by atoms with Gasteiger partial charge in [-0.15, -0.1) is 0 Å². The number of hydrogen-bond acceptors (Lipinski definition) is 4. The highest BCUT2D eigenvalue weighted by atomic mass is 16.6. The number of alkyl carbamates (subject to hydrolysis) is 1. The lowest BCUT2D eigenvalue weighted by molar-refractivity contribution is -0.137. The molecule has 0 heterocycles. The Balaban J connectivity index is 3.62.